The Labute approximate surface area is 198 Å². The first-order chi connectivity index (χ1) is 16.1. The number of ether oxygens (including phenoxy) is 1. The van der Waals surface area contributed by atoms with E-state index in [4.69, 9.17) is 4.74 Å². The number of anilines is 1. The first-order valence-corrected chi connectivity index (χ1v) is 11.0. The van der Waals surface area contributed by atoms with Gasteiger partial charge < -0.3 is 9.94 Å². The van der Waals surface area contributed by atoms with E-state index in [1.807, 2.05) is 0 Å². The van der Waals surface area contributed by atoms with E-state index in [2.05, 4.69) is 0 Å². The summed E-state index contributed by atoms with van der Waals surface area (Å²) in [7, 11) is 1.51. The van der Waals surface area contributed by atoms with Gasteiger partial charge in [0.1, 0.15) is 11.7 Å². The van der Waals surface area contributed by atoms with Crippen LogP contribution in [0.5, 0.6) is 5.75 Å². The predicted molar refractivity (Wildman–Crippen MR) is 127 cm³/mol. The molecule has 174 valence electrons. The highest BCUT2D eigenvalue weighted by Crippen LogP contribution is 2.45. The van der Waals surface area contributed by atoms with E-state index in [1.54, 1.807) is 87.5 Å². The zero-order chi connectivity index (χ0) is 24.6. The van der Waals surface area contributed by atoms with E-state index in [1.165, 1.54) is 18.2 Å². The minimum absolute atomic E-state index is 0.308. The van der Waals surface area contributed by atoms with Gasteiger partial charge in [0.05, 0.1) is 13.2 Å². The number of carbonyl (C=O) groups excluding carboxylic acids is 3. The molecule has 0 bridgehead atoms. The van der Waals surface area contributed by atoms with Crippen LogP contribution in [-0.4, -0.2) is 24.6 Å². The van der Waals surface area contributed by atoms with Gasteiger partial charge in [-0.25, -0.2) is 0 Å². The topological polar surface area (TPSA) is 90.6 Å². The third kappa shape index (κ3) is 3.94. The number of nitrogens with zero attached hydrogens (tertiary/aromatic N) is 2. The van der Waals surface area contributed by atoms with Crippen LogP contribution in [0.3, 0.4) is 0 Å². The number of pyridine rings is 1. The molecule has 0 radical (unpaired) electrons. The maximum atomic E-state index is 13.4. The Balaban J connectivity index is 1.84. The molecule has 0 N–H and O–H groups in total. The molecule has 34 heavy (non-hydrogen) atoms. The van der Waals surface area contributed by atoms with Crippen molar-refractivity contribution < 1.29 is 23.9 Å². The fourth-order valence-corrected chi connectivity index (χ4v) is 4.35. The Hall–Kier alpha value is -4.00. The zero-order valence-electron chi connectivity index (χ0n) is 19.5. The van der Waals surface area contributed by atoms with Gasteiger partial charge in [-0.15, -0.1) is 0 Å². The molecule has 1 aliphatic heterocycles. The van der Waals surface area contributed by atoms with Crippen molar-refractivity contribution in [3.8, 4) is 17.0 Å². The van der Waals surface area contributed by atoms with Crippen LogP contribution in [0.25, 0.3) is 11.3 Å². The molecule has 7 heteroatoms. The molecule has 0 saturated carbocycles. The predicted octanol–water partition coefficient (Wildman–Crippen LogP) is 3.88. The number of amides is 1. The van der Waals surface area contributed by atoms with E-state index >= 15 is 0 Å². The lowest BCUT2D eigenvalue weighted by atomic mass is 9.77. The van der Waals surface area contributed by atoms with Gasteiger partial charge in [0.2, 0.25) is 11.5 Å². The third-order valence-corrected chi connectivity index (χ3v) is 6.05. The molecular weight excluding hydrogens is 432 g/mol. The number of para-hydroxylation sites is 1. The van der Waals surface area contributed by atoms with Crippen LogP contribution in [-0.2, 0) is 14.4 Å². The summed E-state index contributed by atoms with van der Waals surface area (Å²) in [5.41, 5.74) is 1.33. The maximum absolute atomic E-state index is 13.4. The number of hydrogen-bond donors (Lipinski definition) is 0. The lowest BCUT2D eigenvalue weighted by Gasteiger charge is -2.30. The number of carbonyl (C=O) groups is 3. The van der Waals surface area contributed by atoms with Crippen molar-refractivity contribution in [1.29, 1.82) is 0 Å². The highest BCUT2D eigenvalue weighted by Gasteiger charge is 2.54. The van der Waals surface area contributed by atoms with Crippen LogP contribution in [0.2, 0.25) is 0 Å². The Morgan fingerprint density at radius 2 is 1.62 bits per heavy atom. The fraction of sp³-hybridized carbons (Fsp3) is 0.259. The Morgan fingerprint density at radius 1 is 0.971 bits per heavy atom. The average molecular weight is 459 g/mol. The van der Waals surface area contributed by atoms with Crippen LogP contribution in [0.15, 0.2) is 72.9 Å². The molecule has 0 aliphatic carbocycles. The second-order valence-corrected chi connectivity index (χ2v) is 9.28. The molecule has 1 aromatic heterocycles. The summed E-state index contributed by atoms with van der Waals surface area (Å²) in [5, 5.41) is 12.1. The number of benzene rings is 2. The summed E-state index contributed by atoms with van der Waals surface area (Å²) in [6, 6.07) is 18.1. The Kier molecular flexibility index (Phi) is 5.96. The monoisotopic (exact) mass is 458 g/mol. The van der Waals surface area contributed by atoms with Gasteiger partial charge in [-0.05, 0) is 36.4 Å². The molecule has 2 unspecified atom stereocenters. The van der Waals surface area contributed by atoms with Crippen LogP contribution in [0.4, 0.5) is 5.69 Å². The van der Waals surface area contributed by atoms with Gasteiger partial charge in [-0.1, -0.05) is 39.0 Å². The molecular formula is C27H26N2O5. The van der Waals surface area contributed by atoms with Gasteiger partial charge >= 0.3 is 0 Å². The van der Waals surface area contributed by atoms with Crippen molar-refractivity contribution in [3.05, 3.63) is 83.7 Å². The number of hydrogen-bond acceptors (Lipinski definition) is 5. The van der Waals surface area contributed by atoms with Crippen LogP contribution in [0, 0.1) is 16.5 Å². The molecule has 4 rings (SSSR count). The lowest BCUT2D eigenvalue weighted by molar-refractivity contribution is -0.593. The normalized spacial score (nSPS) is 18.3. The van der Waals surface area contributed by atoms with Gasteiger partial charge in [0, 0.05) is 34.4 Å². The molecule has 2 atom stereocenters. The summed E-state index contributed by atoms with van der Waals surface area (Å²) in [6.07, 6.45) is 1.41. The quantitative estimate of drug-likeness (QED) is 0.250. The summed E-state index contributed by atoms with van der Waals surface area (Å²) < 4.78 is 6.28. The standard InChI is InChI=1S/C27H26N2O5/c1-27(2,3)25(31)22-23(19-9-5-6-11-21(19)34-4)29(26(32)24(22)30)18-14-12-17(13-15-18)20-10-7-8-16-28(20)33/h5-16,22-23H,1-4H3. The van der Waals surface area contributed by atoms with Crippen molar-refractivity contribution in [2.24, 2.45) is 11.3 Å². The fourth-order valence-electron chi connectivity index (χ4n) is 4.35. The number of methoxy groups -OCH3 is 1. The molecule has 1 fully saturated rings. The number of rotatable bonds is 5. The highest BCUT2D eigenvalue weighted by atomic mass is 16.5. The third-order valence-electron chi connectivity index (χ3n) is 6.05. The molecule has 1 amide bonds. The first kappa shape index (κ1) is 23.2. The van der Waals surface area contributed by atoms with Gasteiger partial charge in [-0.3, -0.25) is 19.3 Å². The van der Waals surface area contributed by atoms with Crippen molar-refractivity contribution in [2.75, 3.05) is 12.0 Å². The summed E-state index contributed by atoms with van der Waals surface area (Å²) in [4.78, 5) is 41.2. The van der Waals surface area contributed by atoms with Gasteiger partial charge in [0.15, 0.2) is 12.0 Å². The average Bonchev–Trinajstić information content (AvgIpc) is 3.08. The zero-order valence-corrected chi connectivity index (χ0v) is 19.5. The first-order valence-electron chi connectivity index (χ1n) is 11.0. The lowest BCUT2D eigenvalue weighted by Crippen LogP contribution is -2.36. The molecule has 7 nitrogen and oxygen atoms in total. The largest absolute Gasteiger partial charge is 0.618 e. The van der Waals surface area contributed by atoms with Crippen LogP contribution >= 0.6 is 0 Å². The van der Waals surface area contributed by atoms with E-state index in [9.17, 15) is 19.6 Å². The van der Waals surface area contributed by atoms with Crippen molar-refractivity contribution in [1.82, 2.24) is 0 Å². The number of aromatic nitrogens is 1. The van der Waals surface area contributed by atoms with Crippen molar-refractivity contribution in [2.45, 2.75) is 26.8 Å². The second kappa shape index (κ2) is 8.74. The van der Waals surface area contributed by atoms with Crippen molar-refractivity contribution >= 4 is 23.2 Å². The van der Waals surface area contributed by atoms with E-state index < -0.39 is 29.1 Å². The maximum Gasteiger partial charge on any atom is 0.295 e. The highest BCUT2D eigenvalue weighted by molar-refractivity contribution is 6.48. The molecule has 1 aliphatic rings. The summed E-state index contributed by atoms with van der Waals surface area (Å²) >= 11 is 0. The Bertz CT molecular complexity index is 1260. The molecule has 3 aromatic rings. The molecule has 2 heterocycles. The van der Waals surface area contributed by atoms with Gasteiger partial charge in [-0.2, -0.15) is 4.73 Å². The minimum Gasteiger partial charge on any atom is -0.618 e. The van der Waals surface area contributed by atoms with E-state index in [0.717, 1.165) is 4.73 Å². The minimum atomic E-state index is -1.17. The van der Waals surface area contributed by atoms with Crippen molar-refractivity contribution in [3.63, 3.8) is 0 Å². The van der Waals surface area contributed by atoms with Gasteiger partial charge in [0.25, 0.3) is 5.91 Å². The smallest absolute Gasteiger partial charge is 0.295 e. The van der Waals surface area contributed by atoms with Crippen LogP contribution < -0.4 is 14.4 Å². The molecule has 0 spiro atoms. The van der Waals surface area contributed by atoms with E-state index in [0.29, 0.717) is 28.3 Å². The second-order valence-electron chi connectivity index (χ2n) is 9.28. The summed E-state index contributed by atoms with van der Waals surface area (Å²) in [5.74, 6) is -2.47. The Morgan fingerprint density at radius 3 is 2.24 bits per heavy atom. The molecule has 1 saturated heterocycles. The molecule has 2 aromatic carbocycles. The SMILES string of the molecule is COc1ccccc1C1C(C(=O)C(C)(C)C)C(=O)C(=O)N1c1ccc(-c2cccc[n+]2[O-])cc1. The number of Topliss-reactive ketones (excluding diaryl/α,β-unsaturated/α-hetero) is 2. The summed E-state index contributed by atoms with van der Waals surface area (Å²) in [6.45, 7) is 5.21. The number of ketones is 2. The van der Waals surface area contributed by atoms with Crippen LogP contribution in [0.1, 0.15) is 32.4 Å². The van der Waals surface area contributed by atoms with E-state index in [-0.39, 0.29) is 5.78 Å².